The number of nitrogens with one attached hydrogen (secondary N) is 1. The topological polar surface area (TPSA) is 94.8 Å². The molecule has 0 aliphatic rings. The SMILES string of the molecule is CCSc1nc2c(C)sc(C(=O)OC)c2n1Cc1ccc(-c2ccccc2-c2n[nH]c(=O)n2C)cc1. The Morgan fingerprint density at radius 2 is 1.86 bits per heavy atom. The van der Waals surface area contributed by atoms with Crippen molar-refractivity contribution in [2.24, 2.45) is 7.05 Å². The summed E-state index contributed by atoms with van der Waals surface area (Å²) in [5.74, 6) is 1.12. The summed E-state index contributed by atoms with van der Waals surface area (Å²) in [4.78, 5) is 30.8. The molecule has 3 heterocycles. The van der Waals surface area contributed by atoms with Crippen LogP contribution in [0.2, 0.25) is 0 Å². The third-order valence-corrected chi connectivity index (χ3v) is 7.96. The highest BCUT2D eigenvalue weighted by molar-refractivity contribution is 7.99. The first-order valence-electron chi connectivity index (χ1n) is 11.4. The van der Waals surface area contributed by atoms with Gasteiger partial charge in [0, 0.05) is 17.5 Å². The van der Waals surface area contributed by atoms with Gasteiger partial charge in [-0.1, -0.05) is 67.2 Å². The Hall–Kier alpha value is -3.63. The van der Waals surface area contributed by atoms with Crippen molar-refractivity contribution >= 4 is 40.1 Å². The number of thioether (sulfide) groups is 1. The summed E-state index contributed by atoms with van der Waals surface area (Å²) in [5.41, 5.74) is 5.39. The van der Waals surface area contributed by atoms with Gasteiger partial charge in [0.15, 0.2) is 11.0 Å². The Morgan fingerprint density at radius 3 is 2.50 bits per heavy atom. The van der Waals surface area contributed by atoms with Crippen molar-refractivity contribution in [2.45, 2.75) is 25.5 Å². The molecule has 184 valence electrons. The molecule has 0 unspecified atom stereocenters. The fraction of sp³-hybridized carbons (Fsp3) is 0.231. The molecule has 5 rings (SSSR count). The molecule has 36 heavy (non-hydrogen) atoms. The molecule has 2 aromatic carbocycles. The van der Waals surface area contributed by atoms with Gasteiger partial charge in [-0.15, -0.1) is 11.3 Å². The maximum atomic E-state index is 12.5. The lowest BCUT2D eigenvalue weighted by Crippen LogP contribution is -2.13. The van der Waals surface area contributed by atoms with Crippen LogP contribution < -0.4 is 5.69 Å². The minimum Gasteiger partial charge on any atom is -0.465 e. The predicted octanol–water partition coefficient (Wildman–Crippen LogP) is 5.11. The normalized spacial score (nSPS) is 11.3. The third-order valence-electron chi connectivity index (χ3n) is 6.03. The Bertz CT molecular complexity index is 1630. The van der Waals surface area contributed by atoms with Crippen LogP contribution in [-0.4, -0.2) is 43.1 Å². The van der Waals surface area contributed by atoms with Crippen molar-refractivity contribution in [1.29, 1.82) is 0 Å². The van der Waals surface area contributed by atoms with Crippen molar-refractivity contribution in [1.82, 2.24) is 24.3 Å². The number of esters is 1. The first-order valence-corrected chi connectivity index (χ1v) is 13.2. The first kappa shape index (κ1) is 24.1. The highest BCUT2D eigenvalue weighted by Crippen LogP contribution is 2.36. The van der Waals surface area contributed by atoms with Gasteiger partial charge in [0.05, 0.1) is 19.2 Å². The van der Waals surface area contributed by atoms with Crippen molar-refractivity contribution in [3.63, 3.8) is 0 Å². The molecule has 0 atom stereocenters. The molecule has 0 saturated heterocycles. The second kappa shape index (κ2) is 9.79. The van der Waals surface area contributed by atoms with E-state index in [9.17, 15) is 9.59 Å². The zero-order chi connectivity index (χ0) is 25.4. The van der Waals surface area contributed by atoms with Gasteiger partial charge in [0.2, 0.25) is 0 Å². The van der Waals surface area contributed by atoms with Gasteiger partial charge in [-0.2, -0.15) is 5.10 Å². The fourth-order valence-electron chi connectivity index (χ4n) is 4.26. The van der Waals surface area contributed by atoms with Crippen LogP contribution >= 0.6 is 23.1 Å². The highest BCUT2D eigenvalue weighted by Gasteiger charge is 2.24. The molecule has 0 radical (unpaired) electrons. The molecule has 1 N–H and O–H groups in total. The number of thiophene rings is 1. The molecule has 0 spiro atoms. The Kier molecular flexibility index (Phi) is 6.55. The number of fused-ring (bicyclic) bond motifs is 1. The van der Waals surface area contributed by atoms with E-state index in [0.717, 1.165) is 49.1 Å². The average Bonchev–Trinajstić information content (AvgIpc) is 3.53. The Labute approximate surface area is 216 Å². The summed E-state index contributed by atoms with van der Waals surface area (Å²) in [7, 11) is 3.11. The minimum absolute atomic E-state index is 0.252. The highest BCUT2D eigenvalue weighted by atomic mass is 32.2. The summed E-state index contributed by atoms with van der Waals surface area (Å²) in [6, 6.07) is 16.2. The number of carbonyl (C=O) groups excluding carboxylic acids is 1. The van der Waals surface area contributed by atoms with Gasteiger partial charge in [-0.3, -0.25) is 4.57 Å². The summed E-state index contributed by atoms with van der Waals surface area (Å²) in [6.07, 6.45) is 0. The lowest BCUT2D eigenvalue weighted by Gasteiger charge is -2.12. The van der Waals surface area contributed by atoms with E-state index in [2.05, 4.69) is 46.0 Å². The number of rotatable bonds is 7. The molecule has 5 aromatic rings. The van der Waals surface area contributed by atoms with E-state index >= 15 is 0 Å². The third kappa shape index (κ3) is 4.16. The van der Waals surface area contributed by atoms with Gasteiger partial charge in [-0.25, -0.2) is 19.7 Å². The van der Waals surface area contributed by atoms with Gasteiger partial charge < -0.3 is 9.30 Å². The van der Waals surface area contributed by atoms with Crippen LogP contribution in [0, 0.1) is 6.92 Å². The standard InChI is InChI=1S/C26H25N5O3S2/c1-5-35-26-27-20-15(2)36-22(24(32)34-4)21(20)31(26)14-16-10-12-17(13-11-16)18-8-6-7-9-19(18)23-28-29-25(33)30(23)3/h6-13H,5,14H2,1-4H3,(H,29,33). The van der Waals surface area contributed by atoms with E-state index in [4.69, 9.17) is 9.72 Å². The van der Waals surface area contributed by atoms with Crippen LogP contribution in [0.25, 0.3) is 33.5 Å². The molecule has 0 amide bonds. The van der Waals surface area contributed by atoms with Gasteiger partial charge in [0.25, 0.3) is 0 Å². The summed E-state index contributed by atoms with van der Waals surface area (Å²) >= 11 is 3.08. The molecule has 3 aromatic heterocycles. The monoisotopic (exact) mass is 519 g/mol. The maximum absolute atomic E-state index is 12.5. The van der Waals surface area contributed by atoms with E-state index in [1.165, 1.54) is 23.0 Å². The first-order chi connectivity index (χ1) is 17.4. The number of aromatic nitrogens is 5. The molecule has 8 nitrogen and oxygen atoms in total. The Balaban J connectivity index is 1.53. The number of hydrogen-bond donors (Lipinski definition) is 1. The number of aromatic amines is 1. The molecular weight excluding hydrogens is 494 g/mol. The molecule has 0 aliphatic carbocycles. The van der Waals surface area contributed by atoms with E-state index < -0.39 is 0 Å². The van der Waals surface area contributed by atoms with Crippen LogP contribution in [0.3, 0.4) is 0 Å². The largest absolute Gasteiger partial charge is 0.465 e. The molecule has 0 bridgehead atoms. The number of carbonyl (C=O) groups is 1. The van der Waals surface area contributed by atoms with Crippen molar-refractivity contribution in [3.8, 4) is 22.5 Å². The molecule has 0 fully saturated rings. The number of ether oxygens (including phenoxy) is 1. The second-order valence-corrected chi connectivity index (χ2v) is 10.7. The zero-order valence-corrected chi connectivity index (χ0v) is 22.0. The lowest BCUT2D eigenvalue weighted by molar-refractivity contribution is 0.0608. The number of hydrogen-bond acceptors (Lipinski definition) is 7. The van der Waals surface area contributed by atoms with Gasteiger partial charge >= 0.3 is 11.7 Å². The minimum atomic E-state index is -0.341. The molecule has 0 saturated carbocycles. The number of aryl methyl sites for hydroxylation is 1. The van der Waals surface area contributed by atoms with Crippen LogP contribution in [0.15, 0.2) is 58.5 Å². The summed E-state index contributed by atoms with van der Waals surface area (Å²) < 4.78 is 8.67. The molecular formula is C26H25N5O3S2. The summed E-state index contributed by atoms with van der Waals surface area (Å²) in [5, 5.41) is 7.60. The molecule has 0 aliphatic heterocycles. The van der Waals surface area contributed by atoms with E-state index in [0.29, 0.717) is 17.2 Å². The number of nitrogens with zero attached hydrogens (tertiary/aromatic N) is 4. The summed E-state index contributed by atoms with van der Waals surface area (Å²) in [6.45, 7) is 4.65. The average molecular weight is 520 g/mol. The van der Waals surface area contributed by atoms with Gasteiger partial charge in [-0.05, 0) is 29.4 Å². The van der Waals surface area contributed by atoms with E-state index in [-0.39, 0.29) is 11.7 Å². The predicted molar refractivity (Wildman–Crippen MR) is 144 cm³/mol. The van der Waals surface area contributed by atoms with E-state index in [1.54, 1.807) is 18.8 Å². The number of methoxy groups -OCH3 is 1. The number of imidazole rings is 1. The number of benzene rings is 2. The lowest BCUT2D eigenvalue weighted by atomic mass is 9.98. The van der Waals surface area contributed by atoms with Crippen molar-refractivity contribution in [2.75, 3.05) is 12.9 Å². The van der Waals surface area contributed by atoms with Crippen LogP contribution in [-0.2, 0) is 18.3 Å². The van der Waals surface area contributed by atoms with Crippen molar-refractivity contribution < 1.29 is 9.53 Å². The number of H-pyrrole nitrogens is 1. The van der Waals surface area contributed by atoms with E-state index in [1.807, 2.05) is 31.2 Å². The van der Waals surface area contributed by atoms with Crippen LogP contribution in [0.5, 0.6) is 0 Å². The van der Waals surface area contributed by atoms with Gasteiger partial charge in [0.1, 0.15) is 10.4 Å². The van der Waals surface area contributed by atoms with Crippen LogP contribution in [0.4, 0.5) is 0 Å². The van der Waals surface area contributed by atoms with Crippen LogP contribution in [0.1, 0.15) is 27.0 Å². The molecule has 10 heteroatoms. The maximum Gasteiger partial charge on any atom is 0.350 e. The quantitative estimate of drug-likeness (QED) is 0.237. The zero-order valence-electron chi connectivity index (χ0n) is 20.4. The second-order valence-electron chi connectivity index (χ2n) is 8.24. The smallest absolute Gasteiger partial charge is 0.350 e. The Morgan fingerprint density at radius 1 is 1.14 bits per heavy atom. The fourth-order valence-corrected chi connectivity index (χ4v) is 6.01. The van der Waals surface area contributed by atoms with Crippen molar-refractivity contribution in [3.05, 3.63) is 74.3 Å².